The fourth-order valence-electron chi connectivity index (χ4n) is 2.85. The summed E-state index contributed by atoms with van der Waals surface area (Å²) in [4.78, 5) is 35.4. The molecule has 0 fully saturated rings. The Morgan fingerprint density at radius 2 is 1.81 bits per heavy atom. The number of esters is 1. The third-order valence-electron chi connectivity index (χ3n) is 4.26. The van der Waals surface area contributed by atoms with Gasteiger partial charge in [0.15, 0.2) is 0 Å². The minimum absolute atomic E-state index is 0.0243. The van der Waals surface area contributed by atoms with E-state index in [4.69, 9.17) is 9.15 Å². The lowest BCUT2D eigenvalue weighted by Crippen LogP contribution is -2.39. The number of amides is 1. The summed E-state index contributed by atoms with van der Waals surface area (Å²) in [6.07, 6.45) is 0. The molecule has 2 aromatic carbocycles. The molecule has 31 heavy (non-hydrogen) atoms. The third kappa shape index (κ3) is 5.56. The Hall–Kier alpha value is -3.50. The van der Waals surface area contributed by atoms with Crippen LogP contribution in [0.4, 0.5) is 5.69 Å². The molecule has 0 aliphatic rings. The largest absolute Gasteiger partial charge is 0.460 e. The highest BCUT2D eigenvalue weighted by atomic mass is 32.2. The summed E-state index contributed by atoms with van der Waals surface area (Å²) in [5, 5.41) is 3.10. The minimum atomic E-state index is -3.89. The van der Waals surface area contributed by atoms with E-state index in [-0.39, 0.29) is 23.0 Å². The van der Waals surface area contributed by atoms with Gasteiger partial charge in [0, 0.05) is 35.7 Å². The molecule has 3 aromatic rings. The van der Waals surface area contributed by atoms with Crippen LogP contribution in [0, 0.1) is 0 Å². The Morgan fingerprint density at radius 3 is 2.48 bits per heavy atom. The van der Waals surface area contributed by atoms with Gasteiger partial charge >= 0.3 is 11.6 Å². The maximum atomic E-state index is 12.3. The maximum absolute atomic E-state index is 12.3. The number of hydrogen-bond donors (Lipinski definition) is 2. The average molecular weight is 444 g/mol. The van der Waals surface area contributed by atoms with E-state index < -0.39 is 27.7 Å². The summed E-state index contributed by atoms with van der Waals surface area (Å²) >= 11 is 0. The van der Waals surface area contributed by atoms with Crippen LogP contribution >= 0.6 is 0 Å². The van der Waals surface area contributed by atoms with Crippen LogP contribution in [0.15, 0.2) is 68.7 Å². The van der Waals surface area contributed by atoms with Crippen molar-refractivity contribution in [2.75, 3.05) is 5.32 Å². The first kappa shape index (κ1) is 22.2. The summed E-state index contributed by atoms with van der Waals surface area (Å²) in [6, 6.07) is 12.4. The highest BCUT2D eigenvalue weighted by Crippen LogP contribution is 2.22. The van der Waals surface area contributed by atoms with Crippen LogP contribution in [0.3, 0.4) is 0 Å². The predicted octanol–water partition coefficient (Wildman–Crippen LogP) is 2.16. The van der Waals surface area contributed by atoms with Gasteiger partial charge in [-0.15, -0.1) is 0 Å². The number of rotatable bonds is 7. The lowest BCUT2D eigenvalue weighted by atomic mass is 10.1. The molecule has 0 saturated carbocycles. The third-order valence-corrected chi connectivity index (χ3v) is 5.82. The van der Waals surface area contributed by atoms with E-state index in [1.165, 1.54) is 38.1 Å². The van der Waals surface area contributed by atoms with Crippen LogP contribution in [-0.2, 0) is 31.0 Å². The van der Waals surface area contributed by atoms with Crippen molar-refractivity contribution in [1.82, 2.24) is 4.72 Å². The van der Waals surface area contributed by atoms with Crippen molar-refractivity contribution in [3.63, 3.8) is 0 Å². The second-order valence-electron chi connectivity index (χ2n) is 6.75. The highest BCUT2D eigenvalue weighted by molar-refractivity contribution is 7.89. The first-order valence-electron chi connectivity index (χ1n) is 9.24. The lowest BCUT2D eigenvalue weighted by Gasteiger charge is -2.14. The number of hydrogen-bond acceptors (Lipinski definition) is 7. The molecule has 0 spiro atoms. The van der Waals surface area contributed by atoms with E-state index in [0.29, 0.717) is 16.6 Å². The molecule has 1 heterocycles. The Bertz CT molecular complexity index is 1280. The van der Waals surface area contributed by atoms with Crippen LogP contribution in [0.2, 0.25) is 0 Å². The van der Waals surface area contributed by atoms with E-state index in [0.717, 1.165) is 0 Å². The van der Waals surface area contributed by atoms with E-state index in [9.17, 15) is 22.8 Å². The van der Waals surface area contributed by atoms with Gasteiger partial charge in [-0.1, -0.05) is 18.2 Å². The molecular formula is C21H20N2O7S. The molecule has 1 aromatic heterocycles. The molecule has 10 heteroatoms. The molecule has 0 saturated heterocycles. The second kappa shape index (κ2) is 9.11. The number of nitrogens with one attached hydrogen (secondary N) is 2. The van der Waals surface area contributed by atoms with Gasteiger partial charge in [-0.2, -0.15) is 4.72 Å². The van der Waals surface area contributed by atoms with Gasteiger partial charge in [-0.25, -0.2) is 13.2 Å². The summed E-state index contributed by atoms with van der Waals surface area (Å²) in [7, 11) is -3.89. The predicted molar refractivity (Wildman–Crippen MR) is 113 cm³/mol. The van der Waals surface area contributed by atoms with Crippen molar-refractivity contribution in [1.29, 1.82) is 0 Å². The Kier molecular flexibility index (Phi) is 6.52. The molecular weight excluding hydrogens is 424 g/mol. The Morgan fingerprint density at radius 1 is 1.10 bits per heavy atom. The monoisotopic (exact) mass is 444 g/mol. The number of carbonyl (C=O) groups excluding carboxylic acids is 2. The van der Waals surface area contributed by atoms with Crippen molar-refractivity contribution < 1.29 is 27.2 Å². The van der Waals surface area contributed by atoms with Gasteiger partial charge in [0.1, 0.15) is 18.2 Å². The second-order valence-corrected chi connectivity index (χ2v) is 8.46. The van der Waals surface area contributed by atoms with E-state index in [2.05, 4.69) is 10.0 Å². The van der Waals surface area contributed by atoms with Crippen molar-refractivity contribution in [2.45, 2.75) is 31.4 Å². The normalized spacial score (nSPS) is 12.3. The van der Waals surface area contributed by atoms with Gasteiger partial charge < -0.3 is 14.5 Å². The number of benzene rings is 2. The number of anilines is 1. The van der Waals surface area contributed by atoms with Crippen LogP contribution in [-0.4, -0.2) is 26.3 Å². The Labute approximate surface area is 178 Å². The first-order chi connectivity index (χ1) is 14.7. The fraction of sp³-hybridized carbons (Fsp3) is 0.190. The lowest BCUT2D eigenvalue weighted by molar-refractivity contribution is -0.146. The minimum Gasteiger partial charge on any atom is -0.460 e. The van der Waals surface area contributed by atoms with E-state index in [1.807, 2.05) is 0 Å². The number of sulfonamides is 1. The molecule has 9 nitrogen and oxygen atoms in total. The number of fused-ring (bicyclic) bond motifs is 1. The van der Waals surface area contributed by atoms with Crippen LogP contribution in [0.25, 0.3) is 11.0 Å². The van der Waals surface area contributed by atoms with Gasteiger partial charge in [0.25, 0.3) is 0 Å². The summed E-state index contributed by atoms with van der Waals surface area (Å²) in [5.41, 5.74) is 0.382. The maximum Gasteiger partial charge on any atom is 0.336 e. The summed E-state index contributed by atoms with van der Waals surface area (Å²) in [5.74, 6) is -1.09. The molecule has 0 aliphatic heterocycles. The van der Waals surface area contributed by atoms with Crippen molar-refractivity contribution in [3.05, 3.63) is 70.6 Å². The first-order valence-corrected chi connectivity index (χ1v) is 10.7. The molecule has 1 unspecified atom stereocenters. The van der Waals surface area contributed by atoms with Crippen LogP contribution < -0.4 is 15.7 Å². The zero-order valence-electron chi connectivity index (χ0n) is 16.7. The quantitative estimate of drug-likeness (QED) is 0.422. The van der Waals surface area contributed by atoms with E-state index in [1.54, 1.807) is 30.3 Å². The summed E-state index contributed by atoms with van der Waals surface area (Å²) in [6.45, 7) is 2.45. The van der Waals surface area contributed by atoms with Gasteiger partial charge in [-0.05, 0) is 31.2 Å². The standard InChI is InChI=1S/C21H20N2O7S/c1-13(23-31(27,28)17-6-4-3-5-7-17)21(26)29-12-15-10-20(25)30-19-11-16(22-14(2)24)8-9-18(15)19/h3-11,13,23H,12H2,1-2H3,(H,22,24). The average Bonchev–Trinajstić information content (AvgIpc) is 2.71. The SMILES string of the molecule is CC(=O)Nc1ccc2c(COC(=O)C(C)NS(=O)(=O)c3ccccc3)cc(=O)oc2c1. The highest BCUT2D eigenvalue weighted by Gasteiger charge is 2.23. The zero-order valence-corrected chi connectivity index (χ0v) is 17.6. The Balaban J connectivity index is 1.73. The number of ether oxygens (including phenoxy) is 1. The molecule has 162 valence electrons. The molecule has 2 N–H and O–H groups in total. The summed E-state index contributed by atoms with van der Waals surface area (Å²) < 4.78 is 37.3. The van der Waals surface area contributed by atoms with Crippen LogP contribution in [0.5, 0.6) is 0 Å². The van der Waals surface area contributed by atoms with Gasteiger partial charge in [-0.3, -0.25) is 9.59 Å². The van der Waals surface area contributed by atoms with Crippen LogP contribution in [0.1, 0.15) is 19.4 Å². The van der Waals surface area contributed by atoms with E-state index >= 15 is 0 Å². The number of carbonyl (C=O) groups is 2. The van der Waals surface area contributed by atoms with Crippen molar-refractivity contribution >= 4 is 38.6 Å². The molecule has 0 aliphatic carbocycles. The molecule has 0 bridgehead atoms. The molecule has 1 amide bonds. The van der Waals surface area contributed by atoms with Gasteiger partial charge in [0.05, 0.1) is 4.90 Å². The molecule has 1 atom stereocenters. The smallest absolute Gasteiger partial charge is 0.336 e. The van der Waals surface area contributed by atoms with Crippen molar-refractivity contribution in [3.8, 4) is 0 Å². The molecule has 0 radical (unpaired) electrons. The topological polar surface area (TPSA) is 132 Å². The molecule has 3 rings (SSSR count). The van der Waals surface area contributed by atoms with Crippen molar-refractivity contribution in [2.24, 2.45) is 0 Å². The fourth-order valence-corrected chi connectivity index (χ4v) is 4.07. The van der Waals surface area contributed by atoms with Gasteiger partial charge in [0.2, 0.25) is 15.9 Å². The zero-order chi connectivity index (χ0) is 22.6.